The van der Waals surface area contributed by atoms with Gasteiger partial charge in [-0.3, -0.25) is 0 Å². The average Bonchev–Trinajstić information content (AvgIpc) is 3.17. The van der Waals surface area contributed by atoms with Crippen molar-refractivity contribution in [3.05, 3.63) is 18.5 Å². The fourth-order valence-corrected chi connectivity index (χ4v) is 3.53. The van der Waals surface area contributed by atoms with E-state index in [-0.39, 0.29) is 5.95 Å². The molecular weight excluding hydrogens is 306 g/mol. The monoisotopic (exact) mass is 325 g/mol. The summed E-state index contributed by atoms with van der Waals surface area (Å²) in [5, 5.41) is 0. The van der Waals surface area contributed by atoms with E-state index in [0.717, 1.165) is 55.7 Å². The lowest BCUT2D eigenvalue weighted by molar-refractivity contribution is 0.0989. The Bertz CT molecular complexity index is 762. The number of rotatable bonds is 3. The van der Waals surface area contributed by atoms with Gasteiger partial charge < -0.3 is 20.3 Å². The molecule has 2 N–H and O–H groups in total. The van der Waals surface area contributed by atoms with Crippen molar-refractivity contribution in [2.45, 2.75) is 25.0 Å². The number of fused-ring (bicyclic) bond motifs is 2. The smallest absolute Gasteiger partial charge is 0.227 e. The number of morpholine rings is 1. The summed E-state index contributed by atoms with van der Waals surface area (Å²) in [5.41, 5.74) is 7.29. The van der Waals surface area contributed by atoms with Gasteiger partial charge in [0.05, 0.1) is 24.4 Å². The summed E-state index contributed by atoms with van der Waals surface area (Å²) in [5.74, 6) is 2.02. The Hall–Kier alpha value is -2.48. The van der Waals surface area contributed by atoms with Crippen LogP contribution in [0.25, 0.3) is 11.3 Å². The van der Waals surface area contributed by atoms with E-state index in [2.05, 4.69) is 19.8 Å². The summed E-state index contributed by atoms with van der Waals surface area (Å²) in [6.45, 7) is 3.71. The predicted molar refractivity (Wildman–Crippen MR) is 89.8 cm³/mol. The van der Waals surface area contributed by atoms with Crippen LogP contribution in [0.15, 0.2) is 18.5 Å². The van der Waals surface area contributed by atoms with Crippen LogP contribution in [0.3, 0.4) is 0 Å². The van der Waals surface area contributed by atoms with Crippen LogP contribution in [0.2, 0.25) is 0 Å². The van der Waals surface area contributed by atoms with Crippen molar-refractivity contribution >= 4 is 17.7 Å². The van der Waals surface area contributed by atoms with E-state index < -0.39 is 0 Å². The quantitative estimate of drug-likeness (QED) is 0.881. The molecule has 3 aliphatic heterocycles. The number of nitrogens with two attached hydrogens (primary N) is 1. The van der Waals surface area contributed by atoms with E-state index in [0.29, 0.717) is 12.1 Å². The minimum absolute atomic E-state index is 0.269. The van der Waals surface area contributed by atoms with Gasteiger partial charge in [-0.05, 0) is 12.8 Å². The largest absolute Gasteiger partial charge is 0.374 e. The highest BCUT2D eigenvalue weighted by molar-refractivity contribution is 5.65. The van der Waals surface area contributed by atoms with E-state index >= 15 is 0 Å². The summed E-state index contributed by atoms with van der Waals surface area (Å²) in [6, 6.07) is 2.45. The minimum Gasteiger partial charge on any atom is -0.374 e. The highest BCUT2D eigenvalue weighted by Crippen LogP contribution is 2.34. The Morgan fingerprint density at radius 3 is 2.62 bits per heavy atom. The maximum atomic E-state index is 5.71. The van der Waals surface area contributed by atoms with Crippen LogP contribution >= 0.6 is 0 Å². The van der Waals surface area contributed by atoms with Gasteiger partial charge in [0.25, 0.3) is 0 Å². The molecule has 0 aliphatic carbocycles. The lowest BCUT2D eigenvalue weighted by atomic mass is 10.2. The van der Waals surface area contributed by atoms with Crippen LogP contribution in [0.4, 0.5) is 17.7 Å². The zero-order valence-electron chi connectivity index (χ0n) is 13.3. The standard InChI is InChI=1S/C16H19N7O/c17-15-18-6-10(7-19-15)13-5-14(21-16(20-13)22-2-1-3-22)23-8-12-4-11(23)9-24-12/h5-7,11-12H,1-4,8-9H2,(H2,17,18,19). The molecular formula is C16H19N7O. The third kappa shape index (κ3) is 2.25. The topological polar surface area (TPSA) is 93.3 Å². The SMILES string of the molecule is Nc1ncc(-c2cc(N3CC4CC3CO4)nc(N3CCC3)n2)cn1. The summed E-state index contributed by atoms with van der Waals surface area (Å²) in [6.07, 6.45) is 6.04. The van der Waals surface area contributed by atoms with Crippen molar-refractivity contribution in [2.75, 3.05) is 41.8 Å². The number of hydrogen-bond acceptors (Lipinski definition) is 8. The first-order chi connectivity index (χ1) is 11.8. The molecule has 8 heteroatoms. The highest BCUT2D eigenvalue weighted by Gasteiger charge is 2.40. The van der Waals surface area contributed by atoms with E-state index in [1.54, 1.807) is 12.4 Å². The molecule has 3 saturated heterocycles. The van der Waals surface area contributed by atoms with Crippen LogP contribution in [0.5, 0.6) is 0 Å². The van der Waals surface area contributed by atoms with Crippen LogP contribution < -0.4 is 15.5 Å². The van der Waals surface area contributed by atoms with Crippen molar-refractivity contribution in [3.8, 4) is 11.3 Å². The van der Waals surface area contributed by atoms with Gasteiger partial charge in [0.2, 0.25) is 11.9 Å². The molecule has 0 aromatic carbocycles. The van der Waals surface area contributed by atoms with Gasteiger partial charge in [-0.2, -0.15) is 4.98 Å². The normalized spacial score (nSPS) is 25.2. The number of anilines is 3. The van der Waals surface area contributed by atoms with E-state index in [1.807, 2.05) is 6.07 Å². The number of nitrogens with zero attached hydrogens (tertiary/aromatic N) is 6. The first-order valence-corrected chi connectivity index (χ1v) is 8.36. The fraction of sp³-hybridized carbons (Fsp3) is 0.500. The summed E-state index contributed by atoms with van der Waals surface area (Å²) < 4.78 is 5.71. The third-order valence-electron chi connectivity index (χ3n) is 5.00. The molecule has 5 heterocycles. The lowest BCUT2D eigenvalue weighted by Crippen LogP contribution is -2.40. The van der Waals surface area contributed by atoms with Gasteiger partial charge >= 0.3 is 0 Å². The fourth-order valence-electron chi connectivity index (χ4n) is 3.53. The van der Waals surface area contributed by atoms with Gasteiger partial charge in [-0.1, -0.05) is 0 Å². The Kier molecular flexibility index (Phi) is 3.05. The first kappa shape index (κ1) is 13.9. The van der Waals surface area contributed by atoms with Crippen molar-refractivity contribution in [3.63, 3.8) is 0 Å². The van der Waals surface area contributed by atoms with Crippen molar-refractivity contribution in [2.24, 2.45) is 0 Å². The van der Waals surface area contributed by atoms with E-state index in [1.165, 1.54) is 6.42 Å². The van der Waals surface area contributed by atoms with E-state index in [4.69, 9.17) is 20.4 Å². The molecule has 0 saturated carbocycles. The Labute approximate surface area is 139 Å². The number of nitrogen functional groups attached to an aromatic ring is 1. The predicted octanol–water partition coefficient (Wildman–Crippen LogP) is 0.703. The molecule has 2 aromatic rings. The highest BCUT2D eigenvalue weighted by atomic mass is 16.5. The Morgan fingerprint density at radius 1 is 1.17 bits per heavy atom. The first-order valence-electron chi connectivity index (χ1n) is 8.36. The second-order valence-electron chi connectivity index (χ2n) is 6.58. The summed E-state index contributed by atoms with van der Waals surface area (Å²) >= 11 is 0. The van der Waals surface area contributed by atoms with Crippen LogP contribution in [-0.4, -0.2) is 58.3 Å². The van der Waals surface area contributed by atoms with E-state index in [9.17, 15) is 0 Å². The molecule has 8 nitrogen and oxygen atoms in total. The molecule has 3 aliphatic rings. The maximum absolute atomic E-state index is 5.71. The zero-order valence-corrected chi connectivity index (χ0v) is 13.3. The number of ether oxygens (including phenoxy) is 1. The number of aromatic nitrogens is 4. The molecule has 0 spiro atoms. The van der Waals surface area contributed by atoms with Crippen LogP contribution in [0, 0.1) is 0 Å². The van der Waals surface area contributed by atoms with Gasteiger partial charge in [-0.15, -0.1) is 0 Å². The van der Waals surface area contributed by atoms with Crippen molar-refractivity contribution in [1.29, 1.82) is 0 Å². The van der Waals surface area contributed by atoms with Crippen molar-refractivity contribution < 1.29 is 4.74 Å². The summed E-state index contributed by atoms with van der Waals surface area (Å²) in [4.78, 5) is 22.3. The average molecular weight is 325 g/mol. The van der Waals surface area contributed by atoms with Crippen LogP contribution in [0.1, 0.15) is 12.8 Å². The number of hydrogen-bond donors (Lipinski definition) is 1. The Balaban J connectivity index is 1.56. The molecule has 0 amide bonds. The molecule has 2 unspecified atom stereocenters. The molecule has 2 bridgehead atoms. The third-order valence-corrected chi connectivity index (χ3v) is 5.00. The van der Waals surface area contributed by atoms with Crippen molar-refractivity contribution in [1.82, 2.24) is 19.9 Å². The molecule has 5 rings (SSSR count). The van der Waals surface area contributed by atoms with Crippen LogP contribution in [-0.2, 0) is 4.74 Å². The van der Waals surface area contributed by atoms with Gasteiger partial charge in [0.1, 0.15) is 5.82 Å². The Morgan fingerprint density at radius 2 is 2.00 bits per heavy atom. The second kappa shape index (κ2) is 5.27. The maximum Gasteiger partial charge on any atom is 0.227 e. The molecule has 2 aromatic heterocycles. The molecule has 124 valence electrons. The second-order valence-corrected chi connectivity index (χ2v) is 6.58. The molecule has 3 fully saturated rings. The summed E-state index contributed by atoms with van der Waals surface area (Å²) in [7, 11) is 0. The van der Waals surface area contributed by atoms with Gasteiger partial charge in [-0.25, -0.2) is 15.0 Å². The zero-order chi connectivity index (χ0) is 16.1. The van der Waals surface area contributed by atoms with Gasteiger partial charge in [0.15, 0.2) is 0 Å². The van der Waals surface area contributed by atoms with Gasteiger partial charge in [0, 0.05) is 43.7 Å². The lowest BCUT2D eigenvalue weighted by Gasteiger charge is -2.33. The molecule has 0 radical (unpaired) electrons. The minimum atomic E-state index is 0.269. The molecule has 2 atom stereocenters. The molecule has 24 heavy (non-hydrogen) atoms.